The molecule has 0 saturated carbocycles. The van der Waals surface area contributed by atoms with E-state index in [0.29, 0.717) is 31.2 Å². The van der Waals surface area contributed by atoms with Crippen molar-refractivity contribution in [3.63, 3.8) is 0 Å². The van der Waals surface area contributed by atoms with Gasteiger partial charge in [-0.1, -0.05) is 42.5 Å². The summed E-state index contributed by atoms with van der Waals surface area (Å²) in [5.41, 5.74) is 1.48. The Bertz CT molecular complexity index is 777. The van der Waals surface area contributed by atoms with Crippen LogP contribution in [0.1, 0.15) is 42.3 Å². The van der Waals surface area contributed by atoms with Crippen LogP contribution in [-0.4, -0.2) is 36.6 Å². The van der Waals surface area contributed by atoms with Gasteiger partial charge in [0.1, 0.15) is 5.60 Å². The summed E-state index contributed by atoms with van der Waals surface area (Å²) in [5, 5.41) is 19.9. The molecule has 1 atom stereocenters. The number of benzene rings is 2. The molecule has 0 aromatic heterocycles. The van der Waals surface area contributed by atoms with E-state index in [1.165, 1.54) is 0 Å². The summed E-state index contributed by atoms with van der Waals surface area (Å²) in [7, 11) is 0. The molecular formula is C22H31IN4O2. The lowest BCUT2D eigenvalue weighted by atomic mass is 9.96. The molecule has 0 fully saturated rings. The lowest BCUT2D eigenvalue weighted by Crippen LogP contribution is -2.44. The maximum absolute atomic E-state index is 11.8. The van der Waals surface area contributed by atoms with Gasteiger partial charge >= 0.3 is 0 Å². The van der Waals surface area contributed by atoms with Gasteiger partial charge in [0.15, 0.2) is 5.96 Å². The predicted octanol–water partition coefficient (Wildman–Crippen LogP) is 3.02. The zero-order valence-electron chi connectivity index (χ0n) is 17.2. The summed E-state index contributed by atoms with van der Waals surface area (Å²) in [4.78, 5) is 16.4. The SMILES string of the molecule is CCNC(=O)c1ccc(CN=C(NCC)NCC(C)(O)c2ccccc2)cc1.I. The van der Waals surface area contributed by atoms with Crippen LogP contribution in [0.5, 0.6) is 0 Å². The number of guanidine groups is 1. The third-order valence-corrected chi connectivity index (χ3v) is 4.31. The van der Waals surface area contributed by atoms with Crippen LogP contribution in [0, 0.1) is 0 Å². The van der Waals surface area contributed by atoms with Crippen molar-refractivity contribution >= 4 is 35.8 Å². The van der Waals surface area contributed by atoms with Gasteiger partial charge in [-0.2, -0.15) is 0 Å². The first-order valence-corrected chi connectivity index (χ1v) is 9.63. The van der Waals surface area contributed by atoms with Crippen LogP contribution in [0.15, 0.2) is 59.6 Å². The maximum atomic E-state index is 11.8. The van der Waals surface area contributed by atoms with Gasteiger partial charge in [-0.15, -0.1) is 24.0 Å². The van der Waals surface area contributed by atoms with Crippen molar-refractivity contribution in [2.45, 2.75) is 32.9 Å². The highest BCUT2D eigenvalue weighted by molar-refractivity contribution is 14.0. The Hall–Kier alpha value is -2.13. The fourth-order valence-corrected chi connectivity index (χ4v) is 2.69. The first-order chi connectivity index (χ1) is 13.5. The summed E-state index contributed by atoms with van der Waals surface area (Å²) in [6.07, 6.45) is 0. The highest BCUT2D eigenvalue weighted by atomic mass is 127. The van der Waals surface area contributed by atoms with E-state index in [1.54, 1.807) is 19.1 Å². The fourth-order valence-electron chi connectivity index (χ4n) is 2.69. The van der Waals surface area contributed by atoms with Gasteiger partial charge < -0.3 is 21.1 Å². The Morgan fingerprint density at radius 3 is 2.17 bits per heavy atom. The van der Waals surface area contributed by atoms with Crippen LogP contribution in [0.2, 0.25) is 0 Å². The maximum Gasteiger partial charge on any atom is 0.251 e. The second kappa shape index (κ2) is 12.4. The van der Waals surface area contributed by atoms with Crippen molar-refractivity contribution in [3.8, 4) is 0 Å². The Balaban J connectivity index is 0.00000420. The van der Waals surface area contributed by atoms with Gasteiger partial charge in [0.25, 0.3) is 5.91 Å². The van der Waals surface area contributed by atoms with E-state index in [9.17, 15) is 9.90 Å². The Kier molecular flexibility index (Phi) is 10.7. The third kappa shape index (κ3) is 8.02. The molecule has 29 heavy (non-hydrogen) atoms. The normalized spacial score (nSPS) is 13.0. The summed E-state index contributed by atoms with van der Waals surface area (Å²) < 4.78 is 0. The van der Waals surface area contributed by atoms with Crippen molar-refractivity contribution < 1.29 is 9.90 Å². The van der Waals surface area contributed by atoms with Gasteiger partial charge in [0.2, 0.25) is 0 Å². The Morgan fingerprint density at radius 1 is 0.966 bits per heavy atom. The molecule has 6 nitrogen and oxygen atoms in total. The van der Waals surface area contributed by atoms with Crippen LogP contribution in [0.25, 0.3) is 0 Å². The van der Waals surface area contributed by atoms with Crippen LogP contribution in [-0.2, 0) is 12.1 Å². The number of aliphatic imine (C=N–C) groups is 1. The molecule has 4 N–H and O–H groups in total. The summed E-state index contributed by atoms with van der Waals surface area (Å²) in [5.74, 6) is 0.558. The van der Waals surface area contributed by atoms with E-state index in [-0.39, 0.29) is 29.9 Å². The standard InChI is InChI=1S/C22H30N4O2.HI/c1-4-23-20(27)18-13-11-17(12-14-18)15-25-21(24-5-2)26-16-22(3,28)19-9-7-6-8-10-19;/h6-14,28H,4-5,15-16H2,1-3H3,(H,23,27)(H2,24,25,26);1H. The molecule has 0 saturated heterocycles. The van der Waals surface area contributed by atoms with E-state index >= 15 is 0 Å². The average Bonchev–Trinajstić information content (AvgIpc) is 2.71. The monoisotopic (exact) mass is 510 g/mol. The van der Waals surface area contributed by atoms with Gasteiger partial charge in [-0.25, -0.2) is 4.99 Å². The molecular weight excluding hydrogens is 479 g/mol. The topological polar surface area (TPSA) is 85.8 Å². The van der Waals surface area contributed by atoms with Gasteiger partial charge in [-0.3, -0.25) is 4.79 Å². The van der Waals surface area contributed by atoms with Gasteiger partial charge in [-0.05, 0) is 44.0 Å². The number of carbonyl (C=O) groups excluding carboxylic acids is 1. The molecule has 0 heterocycles. The first kappa shape index (κ1) is 24.9. The number of halogens is 1. The smallest absolute Gasteiger partial charge is 0.251 e. The Labute approximate surface area is 190 Å². The minimum Gasteiger partial charge on any atom is -0.384 e. The molecule has 1 unspecified atom stereocenters. The highest BCUT2D eigenvalue weighted by Gasteiger charge is 2.22. The molecule has 158 valence electrons. The van der Waals surface area contributed by atoms with E-state index < -0.39 is 5.60 Å². The van der Waals surface area contributed by atoms with E-state index in [1.807, 2.05) is 56.3 Å². The summed E-state index contributed by atoms with van der Waals surface area (Å²) >= 11 is 0. The second-order valence-corrected chi connectivity index (χ2v) is 6.74. The first-order valence-electron chi connectivity index (χ1n) is 9.63. The van der Waals surface area contributed by atoms with Crippen LogP contribution < -0.4 is 16.0 Å². The minimum atomic E-state index is -1.01. The minimum absolute atomic E-state index is 0. The van der Waals surface area contributed by atoms with Gasteiger partial charge in [0.05, 0.1) is 13.1 Å². The molecule has 2 rings (SSSR count). The second-order valence-electron chi connectivity index (χ2n) is 6.74. The molecule has 0 bridgehead atoms. The molecule has 7 heteroatoms. The molecule has 0 radical (unpaired) electrons. The molecule has 0 aliphatic rings. The predicted molar refractivity (Wildman–Crippen MR) is 129 cm³/mol. The Morgan fingerprint density at radius 2 is 1.59 bits per heavy atom. The number of rotatable bonds is 8. The molecule has 0 aliphatic carbocycles. The lowest BCUT2D eigenvalue weighted by Gasteiger charge is -2.25. The zero-order chi connectivity index (χ0) is 20.4. The summed E-state index contributed by atoms with van der Waals surface area (Å²) in [6, 6.07) is 17.0. The van der Waals surface area contributed by atoms with E-state index in [2.05, 4.69) is 20.9 Å². The number of carbonyl (C=O) groups is 1. The number of aliphatic hydroxyl groups is 1. The molecule has 2 aromatic carbocycles. The lowest BCUT2D eigenvalue weighted by molar-refractivity contribution is 0.0617. The van der Waals surface area contributed by atoms with Crippen LogP contribution in [0.4, 0.5) is 0 Å². The van der Waals surface area contributed by atoms with Crippen LogP contribution in [0.3, 0.4) is 0 Å². The number of nitrogens with zero attached hydrogens (tertiary/aromatic N) is 1. The number of nitrogens with one attached hydrogen (secondary N) is 3. The van der Waals surface area contributed by atoms with Gasteiger partial charge in [0, 0.05) is 18.7 Å². The van der Waals surface area contributed by atoms with Crippen molar-refractivity contribution in [1.29, 1.82) is 0 Å². The van der Waals surface area contributed by atoms with Crippen LogP contribution >= 0.6 is 24.0 Å². The number of amides is 1. The molecule has 1 amide bonds. The van der Waals surface area contributed by atoms with Crippen molar-refractivity contribution in [3.05, 3.63) is 71.3 Å². The zero-order valence-corrected chi connectivity index (χ0v) is 19.6. The molecule has 2 aromatic rings. The number of hydrogen-bond acceptors (Lipinski definition) is 3. The molecule has 0 aliphatic heterocycles. The average molecular weight is 510 g/mol. The number of hydrogen-bond donors (Lipinski definition) is 4. The molecule has 0 spiro atoms. The van der Waals surface area contributed by atoms with E-state index in [0.717, 1.165) is 17.7 Å². The third-order valence-electron chi connectivity index (χ3n) is 4.31. The van der Waals surface area contributed by atoms with E-state index in [4.69, 9.17) is 0 Å². The highest BCUT2D eigenvalue weighted by Crippen LogP contribution is 2.18. The van der Waals surface area contributed by atoms with Crippen molar-refractivity contribution in [2.75, 3.05) is 19.6 Å². The quantitative estimate of drug-likeness (QED) is 0.250. The largest absolute Gasteiger partial charge is 0.384 e. The van der Waals surface area contributed by atoms with Crippen molar-refractivity contribution in [2.24, 2.45) is 4.99 Å². The fraction of sp³-hybridized carbons (Fsp3) is 0.364. The van der Waals surface area contributed by atoms with Crippen molar-refractivity contribution in [1.82, 2.24) is 16.0 Å². The summed E-state index contributed by atoms with van der Waals surface area (Å²) in [6.45, 7) is 7.79.